The fourth-order valence-electron chi connectivity index (χ4n) is 5.07. The van der Waals surface area contributed by atoms with E-state index in [-0.39, 0.29) is 24.0 Å². The van der Waals surface area contributed by atoms with Crippen molar-refractivity contribution in [2.75, 3.05) is 39.5 Å². The Morgan fingerprint density at radius 2 is 1.87 bits per heavy atom. The zero-order valence-electron chi connectivity index (χ0n) is 22.1. The summed E-state index contributed by atoms with van der Waals surface area (Å²) in [4.78, 5) is 32.7. The van der Waals surface area contributed by atoms with Crippen LogP contribution in [0.1, 0.15) is 56.3 Å². The second-order valence-electron chi connectivity index (χ2n) is 9.72. The summed E-state index contributed by atoms with van der Waals surface area (Å²) >= 11 is 3.60. The summed E-state index contributed by atoms with van der Waals surface area (Å²) in [7, 11) is 0. The number of fused-ring (bicyclic) bond motifs is 1. The van der Waals surface area contributed by atoms with E-state index in [0.717, 1.165) is 25.7 Å². The number of nitrogens with zero attached hydrogens (tertiary/aromatic N) is 4. The molecule has 5 rings (SSSR count). The minimum Gasteiger partial charge on any atom is -0.490 e. The lowest BCUT2D eigenvalue weighted by Gasteiger charge is -2.26. The van der Waals surface area contributed by atoms with E-state index in [1.807, 2.05) is 25.1 Å². The molecular formula is C29H33BrN4O5. The van der Waals surface area contributed by atoms with Crippen molar-refractivity contribution in [2.24, 2.45) is 5.10 Å². The van der Waals surface area contributed by atoms with Crippen LogP contribution in [-0.4, -0.2) is 66.2 Å². The van der Waals surface area contributed by atoms with E-state index in [2.05, 4.69) is 21.0 Å². The molecule has 1 aromatic heterocycles. The van der Waals surface area contributed by atoms with Crippen molar-refractivity contribution in [1.29, 1.82) is 0 Å². The van der Waals surface area contributed by atoms with E-state index in [9.17, 15) is 9.59 Å². The Balaban J connectivity index is 1.44. The standard InChI is InChI=1S/C29H33BrN4O5/c1-2-38-25-16-21(23(30)17-26(25)39-19-27(35)33-12-14-37-15-13-33)18-31-34-28(20-8-4-3-5-9-20)32-24-11-7-6-10-22(24)29(34)36/h6-7,10-11,16-18,20H,2-5,8-9,12-15,19H2,1H3. The zero-order chi connectivity index (χ0) is 27.2. The SMILES string of the molecule is CCOc1cc(C=Nn2c(C3CCCCC3)nc3ccccc3c2=O)c(Br)cc1OCC(=O)N1CCOCC1. The van der Waals surface area contributed by atoms with Crippen LogP contribution in [-0.2, 0) is 9.53 Å². The molecule has 0 atom stereocenters. The molecule has 2 aliphatic rings. The fourth-order valence-corrected chi connectivity index (χ4v) is 5.50. The zero-order valence-corrected chi connectivity index (χ0v) is 23.7. The summed E-state index contributed by atoms with van der Waals surface area (Å²) in [5.74, 6) is 1.75. The molecule has 0 bridgehead atoms. The highest BCUT2D eigenvalue weighted by Gasteiger charge is 2.23. The normalized spacial score (nSPS) is 16.6. The molecule has 9 nitrogen and oxygen atoms in total. The molecule has 0 spiro atoms. The van der Waals surface area contributed by atoms with Gasteiger partial charge in [0.2, 0.25) is 0 Å². The first-order valence-corrected chi connectivity index (χ1v) is 14.3. The van der Waals surface area contributed by atoms with Gasteiger partial charge in [-0.25, -0.2) is 4.98 Å². The average Bonchev–Trinajstić information content (AvgIpc) is 2.98. The highest BCUT2D eigenvalue weighted by Crippen LogP contribution is 2.34. The number of ether oxygens (including phenoxy) is 3. The number of aromatic nitrogens is 2. The predicted molar refractivity (Wildman–Crippen MR) is 153 cm³/mol. The van der Waals surface area contributed by atoms with Gasteiger partial charge in [0.15, 0.2) is 18.1 Å². The van der Waals surface area contributed by atoms with Gasteiger partial charge in [-0.3, -0.25) is 9.59 Å². The molecule has 10 heteroatoms. The number of benzene rings is 2. The smallest absolute Gasteiger partial charge is 0.282 e. The van der Waals surface area contributed by atoms with Crippen LogP contribution in [0.3, 0.4) is 0 Å². The van der Waals surface area contributed by atoms with Crippen LogP contribution in [0.4, 0.5) is 0 Å². The number of rotatable bonds is 8. The number of para-hydroxylation sites is 1. The maximum absolute atomic E-state index is 13.5. The quantitative estimate of drug-likeness (QED) is 0.349. The topological polar surface area (TPSA) is 95.2 Å². The van der Waals surface area contributed by atoms with Gasteiger partial charge < -0.3 is 19.1 Å². The summed E-state index contributed by atoms with van der Waals surface area (Å²) in [6.45, 7) is 4.41. The first-order chi connectivity index (χ1) is 19.0. The minimum atomic E-state index is -0.180. The Labute approximate surface area is 235 Å². The lowest BCUT2D eigenvalue weighted by molar-refractivity contribution is -0.137. The van der Waals surface area contributed by atoms with Gasteiger partial charge >= 0.3 is 0 Å². The van der Waals surface area contributed by atoms with Crippen molar-refractivity contribution in [2.45, 2.75) is 44.9 Å². The number of hydrogen-bond acceptors (Lipinski definition) is 7. The van der Waals surface area contributed by atoms with Gasteiger partial charge in [0.25, 0.3) is 11.5 Å². The van der Waals surface area contributed by atoms with Gasteiger partial charge in [-0.1, -0.05) is 31.4 Å². The Morgan fingerprint density at radius 3 is 2.64 bits per heavy atom. The number of hydrogen-bond donors (Lipinski definition) is 0. The van der Waals surface area contributed by atoms with Crippen molar-refractivity contribution in [3.05, 3.63) is 62.6 Å². The molecule has 0 N–H and O–H groups in total. The molecule has 3 aromatic rings. The van der Waals surface area contributed by atoms with Crippen molar-refractivity contribution in [3.63, 3.8) is 0 Å². The fraction of sp³-hybridized carbons (Fsp3) is 0.448. The van der Waals surface area contributed by atoms with E-state index in [4.69, 9.17) is 19.2 Å². The minimum absolute atomic E-state index is 0.0944. The van der Waals surface area contributed by atoms with Gasteiger partial charge in [0, 0.05) is 29.0 Å². The summed E-state index contributed by atoms with van der Waals surface area (Å²) in [6, 6.07) is 11.0. The maximum atomic E-state index is 13.5. The number of carbonyl (C=O) groups excluding carboxylic acids is 1. The Bertz CT molecular complexity index is 1410. The summed E-state index contributed by atoms with van der Waals surface area (Å²) in [5, 5.41) is 5.18. The number of morpholine rings is 1. The van der Waals surface area contributed by atoms with Crippen LogP contribution in [0.25, 0.3) is 10.9 Å². The van der Waals surface area contributed by atoms with Crippen LogP contribution in [0.5, 0.6) is 11.5 Å². The molecule has 1 amide bonds. The molecule has 206 valence electrons. The van der Waals surface area contributed by atoms with Crippen molar-refractivity contribution in [1.82, 2.24) is 14.6 Å². The molecule has 2 aromatic carbocycles. The second kappa shape index (κ2) is 12.7. The molecule has 2 fully saturated rings. The lowest BCUT2D eigenvalue weighted by Crippen LogP contribution is -2.43. The molecule has 2 heterocycles. The molecule has 1 saturated heterocycles. The average molecular weight is 598 g/mol. The number of carbonyl (C=O) groups is 1. The third-order valence-corrected chi connectivity index (χ3v) is 7.83. The van der Waals surface area contributed by atoms with Crippen LogP contribution in [0.15, 0.2) is 50.8 Å². The van der Waals surface area contributed by atoms with Gasteiger partial charge in [0.05, 0.1) is 36.9 Å². The van der Waals surface area contributed by atoms with Gasteiger partial charge in [-0.05, 0) is 60.0 Å². The van der Waals surface area contributed by atoms with Gasteiger partial charge in [0.1, 0.15) is 5.82 Å². The Hall–Kier alpha value is -3.24. The van der Waals surface area contributed by atoms with Crippen LogP contribution < -0.4 is 15.0 Å². The molecule has 1 aliphatic heterocycles. The van der Waals surface area contributed by atoms with E-state index in [1.165, 1.54) is 11.1 Å². The lowest BCUT2D eigenvalue weighted by atomic mass is 9.88. The van der Waals surface area contributed by atoms with Crippen LogP contribution in [0, 0.1) is 0 Å². The van der Waals surface area contributed by atoms with E-state index in [1.54, 1.807) is 29.3 Å². The maximum Gasteiger partial charge on any atom is 0.282 e. The van der Waals surface area contributed by atoms with Crippen molar-refractivity contribution in [3.8, 4) is 11.5 Å². The molecular weight excluding hydrogens is 564 g/mol. The molecule has 39 heavy (non-hydrogen) atoms. The van der Waals surface area contributed by atoms with Gasteiger partial charge in [-0.2, -0.15) is 9.78 Å². The van der Waals surface area contributed by atoms with E-state index in [0.29, 0.717) is 71.2 Å². The highest BCUT2D eigenvalue weighted by atomic mass is 79.9. The Morgan fingerprint density at radius 1 is 1.13 bits per heavy atom. The van der Waals surface area contributed by atoms with Crippen LogP contribution in [0.2, 0.25) is 0 Å². The third kappa shape index (κ3) is 6.33. The van der Waals surface area contributed by atoms with E-state index >= 15 is 0 Å². The molecule has 0 unspecified atom stereocenters. The first-order valence-electron chi connectivity index (χ1n) is 13.6. The molecule has 0 radical (unpaired) electrons. The summed E-state index contributed by atoms with van der Waals surface area (Å²) in [6.07, 6.45) is 7.07. The van der Waals surface area contributed by atoms with E-state index < -0.39 is 0 Å². The third-order valence-electron chi connectivity index (χ3n) is 7.14. The van der Waals surface area contributed by atoms with Crippen molar-refractivity contribution >= 4 is 39.0 Å². The van der Waals surface area contributed by atoms with Crippen LogP contribution >= 0.6 is 15.9 Å². The second-order valence-corrected chi connectivity index (χ2v) is 10.6. The monoisotopic (exact) mass is 596 g/mol. The summed E-state index contributed by atoms with van der Waals surface area (Å²) in [5.41, 5.74) is 1.22. The molecule has 1 aliphatic carbocycles. The predicted octanol–water partition coefficient (Wildman–Crippen LogP) is 4.73. The molecule has 1 saturated carbocycles. The first kappa shape index (κ1) is 27.3. The van der Waals surface area contributed by atoms with Gasteiger partial charge in [-0.15, -0.1) is 0 Å². The summed E-state index contributed by atoms with van der Waals surface area (Å²) < 4.78 is 19.2. The number of halogens is 1. The number of amides is 1. The Kier molecular flexibility index (Phi) is 8.93. The van der Waals surface area contributed by atoms with Crippen molar-refractivity contribution < 1.29 is 19.0 Å². The largest absolute Gasteiger partial charge is 0.490 e. The highest BCUT2D eigenvalue weighted by molar-refractivity contribution is 9.10.